The van der Waals surface area contributed by atoms with Crippen molar-refractivity contribution in [2.24, 2.45) is 0 Å². The van der Waals surface area contributed by atoms with Crippen molar-refractivity contribution in [1.82, 2.24) is 4.72 Å². The van der Waals surface area contributed by atoms with Gasteiger partial charge in [0.2, 0.25) is 21.3 Å². The average Bonchev–Trinajstić information content (AvgIpc) is 3.70. The smallest absolute Gasteiger partial charge is 0.480 e. The number of allylic oxidation sites excluding steroid dienone is 3. The van der Waals surface area contributed by atoms with Crippen LogP contribution in [0, 0.1) is 0 Å². The van der Waals surface area contributed by atoms with Gasteiger partial charge in [0.1, 0.15) is 17.1 Å². The zero-order valence-electron chi connectivity index (χ0n) is 31.9. The highest BCUT2D eigenvalue weighted by Gasteiger charge is 2.41. The summed E-state index contributed by atoms with van der Waals surface area (Å²) in [6, 6.07) is 15.0. The van der Waals surface area contributed by atoms with Crippen molar-refractivity contribution in [2.75, 3.05) is 42.7 Å². The third kappa shape index (κ3) is 11.6. The van der Waals surface area contributed by atoms with E-state index in [0.717, 1.165) is 25.8 Å². The average molecular weight is 919 g/mol. The second kappa shape index (κ2) is 19.1. The van der Waals surface area contributed by atoms with Gasteiger partial charge in [0, 0.05) is 47.9 Å². The summed E-state index contributed by atoms with van der Waals surface area (Å²) < 4.78 is 128. The highest BCUT2D eigenvalue weighted by Crippen LogP contribution is 2.48. The van der Waals surface area contributed by atoms with Crippen LogP contribution in [0.5, 0.6) is 0 Å². The van der Waals surface area contributed by atoms with Crippen molar-refractivity contribution in [2.45, 2.75) is 56.5 Å². The van der Waals surface area contributed by atoms with Crippen molar-refractivity contribution in [1.29, 1.82) is 0 Å². The van der Waals surface area contributed by atoms with Crippen LogP contribution < -0.4 is 14.2 Å². The van der Waals surface area contributed by atoms with Crippen LogP contribution in [0.4, 0.5) is 18.9 Å². The van der Waals surface area contributed by atoms with Crippen molar-refractivity contribution in [3.8, 4) is 0 Å². The van der Waals surface area contributed by atoms with Gasteiger partial charge in [-0.2, -0.15) is 17.7 Å². The number of ketones is 1. The summed E-state index contributed by atoms with van der Waals surface area (Å²) in [5.41, 5.74) is -3.32. The van der Waals surface area contributed by atoms with E-state index in [1.165, 1.54) is 30.0 Å². The first kappa shape index (κ1) is 46.0. The number of Topliss-reactive ketones (excluding diaryl/α,β-unsaturated/α-hetero) is 1. The monoisotopic (exact) mass is 918 g/mol. The molecule has 1 aliphatic carbocycles. The van der Waals surface area contributed by atoms with Gasteiger partial charge in [0.25, 0.3) is 5.01 Å². The molecule has 0 radical (unpaired) electrons. The van der Waals surface area contributed by atoms with Crippen LogP contribution in [-0.4, -0.2) is 80.3 Å². The maximum atomic E-state index is 13.9. The van der Waals surface area contributed by atoms with Crippen LogP contribution in [0.1, 0.15) is 44.5 Å². The number of nitrogens with zero attached hydrogens (tertiary/aromatic N) is 3. The SMILES string of the molecule is C=C(C)C(=O)OCCNS(=O)(=O)CCCC[n+]1c(C=C2C(=O)C(C=C3Sc4ccccc4N3CCCCS(=O)(=O)[N-]S(=O)(=O)C(F)(F)F)=C2OCC)sc2ccccc21. The van der Waals surface area contributed by atoms with E-state index in [4.69, 9.17) is 9.47 Å². The second-order valence-corrected chi connectivity index (χ2v) is 20.8. The van der Waals surface area contributed by atoms with E-state index in [9.17, 15) is 48.0 Å². The minimum Gasteiger partial charge on any atom is -0.492 e. The molecule has 1 aliphatic heterocycles. The number of hydrogen-bond donors (Lipinski definition) is 1. The number of thioether (sulfide) groups is 1. The molecule has 2 aromatic carbocycles. The van der Waals surface area contributed by atoms with Crippen LogP contribution in [0.15, 0.2) is 93.6 Å². The highest BCUT2D eigenvalue weighted by molar-refractivity contribution is 8.12. The summed E-state index contributed by atoms with van der Waals surface area (Å²) in [5, 5.41) is 1.36. The Hall–Kier alpha value is -4.06. The molecule has 0 spiro atoms. The number of aromatic nitrogens is 1. The number of carbonyl (C=O) groups excluding carboxylic acids is 2. The number of esters is 1. The first-order chi connectivity index (χ1) is 27.7. The van der Waals surface area contributed by atoms with Crippen LogP contribution in [0.25, 0.3) is 20.4 Å². The lowest BCUT2D eigenvalue weighted by atomic mass is 9.87. The van der Waals surface area contributed by atoms with Gasteiger partial charge in [-0.25, -0.2) is 34.8 Å². The molecule has 59 heavy (non-hydrogen) atoms. The fourth-order valence-corrected chi connectivity index (χ4v) is 11.7. The molecule has 2 aliphatic rings. The van der Waals surface area contributed by atoms with Crippen molar-refractivity contribution in [3.63, 3.8) is 0 Å². The quantitative estimate of drug-likeness (QED) is 0.0565. The Morgan fingerprint density at radius 3 is 2.39 bits per heavy atom. The lowest BCUT2D eigenvalue weighted by Gasteiger charge is -2.26. The summed E-state index contributed by atoms with van der Waals surface area (Å²) in [7, 11) is -14.8. The molecule has 0 saturated carbocycles. The molecule has 1 aromatic heterocycles. The van der Waals surface area contributed by atoms with Crippen LogP contribution in [-0.2, 0) is 55.7 Å². The minimum absolute atomic E-state index is 0.0643. The Kier molecular flexibility index (Phi) is 14.9. The normalized spacial score (nSPS) is 16.2. The number of nitrogens with one attached hydrogen (secondary N) is 1. The number of anilines is 1. The van der Waals surface area contributed by atoms with E-state index >= 15 is 0 Å². The van der Waals surface area contributed by atoms with Gasteiger partial charge in [0.15, 0.2) is 16.6 Å². The minimum atomic E-state index is -6.21. The summed E-state index contributed by atoms with van der Waals surface area (Å²) in [6.07, 6.45) is 4.19. The molecule has 1 N–H and O–H groups in total. The first-order valence-electron chi connectivity index (χ1n) is 18.1. The standard InChI is InChI=1S/C37H41F3N4O10S5/c1-4-53-35-26(23-32-43(28-13-5-7-15-30(28)55-32)18-9-11-21-57(47,48)41-17-20-54-36(46)25(2)3)34(45)27(35)24-33-44(29-14-6-8-16-31(29)56-33)19-10-12-22-58(49,50)42-59(51,52)37(38,39)40/h5-8,13-16,23-24,41H,2,4,9-12,17-22H2,1,3H3. The van der Waals surface area contributed by atoms with Crippen LogP contribution in [0.2, 0.25) is 0 Å². The number of aryl methyl sites for hydroxylation is 1. The lowest BCUT2D eigenvalue weighted by molar-refractivity contribution is -0.669. The highest BCUT2D eigenvalue weighted by atomic mass is 32.3. The van der Waals surface area contributed by atoms with Gasteiger partial charge in [-0.15, -0.1) is 0 Å². The predicted octanol–water partition coefficient (Wildman–Crippen LogP) is 6.05. The number of para-hydroxylation sites is 2. The molecular formula is C37H41F3N4O10S5. The Morgan fingerprint density at radius 1 is 0.983 bits per heavy atom. The van der Waals surface area contributed by atoms with Gasteiger partial charge < -0.3 is 18.5 Å². The fourth-order valence-electron chi connectivity index (χ4n) is 5.91. The van der Waals surface area contributed by atoms with E-state index in [0.29, 0.717) is 41.3 Å². The van der Waals surface area contributed by atoms with Gasteiger partial charge in [-0.05, 0) is 57.4 Å². The number of hydrogen-bond acceptors (Lipinski definition) is 13. The number of alkyl halides is 3. The molecule has 320 valence electrons. The molecule has 0 atom stereocenters. The second-order valence-electron chi connectivity index (χ2n) is 13.2. The Morgan fingerprint density at radius 2 is 1.68 bits per heavy atom. The molecule has 0 saturated heterocycles. The molecule has 14 nitrogen and oxygen atoms in total. The number of unbranched alkanes of at least 4 members (excludes halogenated alkanes) is 2. The number of sulfonamides is 3. The largest absolute Gasteiger partial charge is 0.492 e. The number of benzene rings is 2. The third-order valence-corrected chi connectivity index (χ3v) is 15.4. The van der Waals surface area contributed by atoms with Gasteiger partial charge in [-0.3, -0.25) is 4.79 Å². The van der Waals surface area contributed by atoms with Crippen molar-refractivity contribution < 1.29 is 62.1 Å². The molecule has 2 heterocycles. The zero-order chi connectivity index (χ0) is 43.2. The third-order valence-electron chi connectivity index (χ3n) is 8.66. The number of thiazole rings is 1. The number of rotatable bonds is 21. The van der Waals surface area contributed by atoms with Gasteiger partial charge >= 0.3 is 11.5 Å². The van der Waals surface area contributed by atoms with Crippen LogP contribution in [0.3, 0.4) is 0 Å². The Bertz CT molecular complexity index is 2550. The van der Waals surface area contributed by atoms with Crippen LogP contribution >= 0.6 is 23.1 Å². The molecule has 0 fully saturated rings. The van der Waals surface area contributed by atoms with Crippen molar-refractivity contribution >= 4 is 86.9 Å². The molecular weight excluding hydrogens is 878 g/mol. The number of ether oxygens (including phenoxy) is 2. The molecule has 3 aromatic rings. The van der Waals surface area contributed by atoms with E-state index in [1.54, 1.807) is 25.1 Å². The zero-order valence-corrected chi connectivity index (χ0v) is 35.9. The van der Waals surface area contributed by atoms with E-state index in [2.05, 4.69) is 15.4 Å². The molecule has 22 heteroatoms. The summed E-state index contributed by atoms with van der Waals surface area (Å²) in [4.78, 5) is 28.1. The van der Waals surface area contributed by atoms with Gasteiger partial charge in [-0.1, -0.05) is 53.9 Å². The Labute approximate surface area is 349 Å². The summed E-state index contributed by atoms with van der Waals surface area (Å²) >= 11 is 2.82. The first-order valence-corrected chi connectivity index (χ1v) is 24.5. The maximum Gasteiger partial charge on any atom is 0.480 e. The molecule has 0 unspecified atom stereocenters. The number of fused-ring (bicyclic) bond motifs is 2. The summed E-state index contributed by atoms with van der Waals surface area (Å²) in [5.74, 6) is -1.58. The van der Waals surface area contributed by atoms with E-state index in [-0.39, 0.29) is 56.3 Å². The predicted molar refractivity (Wildman–Crippen MR) is 220 cm³/mol. The van der Waals surface area contributed by atoms with Gasteiger partial charge in [0.05, 0.1) is 44.2 Å². The fraction of sp³-hybridized carbons (Fsp3) is 0.378. The van der Waals surface area contributed by atoms with Crippen molar-refractivity contribution in [3.05, 3.63) is 97.8 Å². The topological polar surface area (TPSA) is 188 Å². The number of carbonyl (C=O) groups is 2. The van der Waals surface area contributed by atoms with E-state index in [1.807, 2.05) is 51.9 Å². The number of halogens is 3. The Balaban J connectivity index is 1.31. The molecule has 5 rings (SSSR count). The van der Waals surface area contributed by atoms with E-state index < -0.39 is 47.3 Å². The molecule has 0 bridgehead atoms. The lowest BCUT2D eigenvalue weighted by Crippen LogP contribution is -2.36. The maximum absolute atomic E-state index is 13.9. The summed E-state index contributed by atoms with van der Waals surface area (Å²) in [6.45, 7) is 7.46. The molecule has 0 amide bonds.